The van der Waals surface area contributed by atoms with Crippen LogP contribution in [0, 0.1) is 0 Å². The molecule has 0 fully saturated rings. The van der Waals surface area contributed by atoms with Crippen LogP contribution in [0.25, 0.3) is 6.08 Å². The molecule has 1 aliphatic rings. The highest BCUT2D eigenvalue weighted by molar-refractivity contribution is 5.77. The van der Waals surface area contributed by atoms with Gasteiger partial charge in [-0.05, 0) is 41.0 Å². The summed E-state index contributed by atoms with van der Waals surface area (Å²) < 4.78 is 0. The van der Waals surface area contributed by atoms with Crippen molar-refractivity contribution >= 4 is 23.1 Å². The van der Waals surface area contributed by atoms with Crippen molar-refractivity contribution in [1.82, 2.24) is 0 Å². The van der Waals surface area contributed by atoms with Crippen molar-refractivity contribution in [1.29, 1.82) is 0 Å². The number of para-hydroxylation sites is 2. The van der Waals surface area contributed by atoms with Gasteiger partial charge in [-0.3, -0.25) is 0 Å². The summed E-state index contributed by atoms with van der Waals surface area (Å²) in [6, 6.07) is 26.1. The van der Waals surface area contributed by atoms with E-state index in [4.69, 9.17) is 0 Å². The highest BCUT2D eigenvalue weighted by atomic mass is 15.1. The van der Waals surface area contributed by atoms with Gasteiger partial charge in [0.25, 0.3) is 0 Å². The molecule has 0 radical (unpaired) electrons. The lowest BCUT2D eigenvalue weighted by atomic mass is 9.84. The van der Waals surface area contributed by atoms with Gasteiger partial charge in [0.15, 0.2) is 0 Å². The quantitative estimate of drug-likeness (QED) is 0.605. The topological polar surface area (TPSA) is 6.48 Å². The third-order valence-electron chi connectivity index (χ3n) is 5.16. The van der Waals surface area contributed by atoms with Crippen LogP contribution in [0.1, 0.15) is 22.6 Å². The average molecular weight is 340 g/mol. The van der Waals surface area contributed by atoms with Gasteiger partial charge >= 0.3 is 0 Å². The molecule has 0 spiro atoms. The van der Waals surface area contributed by atoms with E-state index in [0.29, 0.717) is 0 Å². The van der Waals surface area contributed by atoms with E-state index in [0.717, 1.165) is 0 Å². The van der Waals surface area contributed by atoms with E-state index >= 15 is 0 Å². The zero-order valence-electron chi connectivity index (χ0n) is 15.6. The SMILES string of the molecule is CN(C)c1ccc(C=CC2c3ccccc3N(C)c3ccccc32)cc1. The summed E-state index contributed by atoms with van der Waals surface area (Å²) in [6.45, 7) is 0. The maximum absolute atomic E-state index is 2.33. The number of rotatable bonds is 3. The first-order valence-corrected chi connectivity index (χ1v) is 9.02. The molecule has 3 aromatic rings. The van der Waals surface area contributed by atoms with Gasteiger partial charge in [0.1, 0.15) is 0 Å². The summed E-state index contributed by atoms with van der Waals surface area (Å²) >= 11 is 0. The molecule has 0 saturated heterocycles. The van der Waals surface area contributed by atoms with Gasteiger partial charge < -0.3 is 9.80 Å². The summed E-state index contributed by atoms with van der Waals surface area (Å²) in [7, 11) is 6.28. The van der Waals surface area contributed by atoms with E-state index in [1.165, 1.54) is 33.8 Å². The van der Waals surface area contributed by atoms with Gasteiger partial charge in [-0.1, -0.05) is 60.7 Å². The lowest BCUT2D eigenvalue weighted by molar-refractivity contribution is 0.963. The fourth-order valence-electron chi connectivity index (χ4n) is 3.71. The van der Waals surface area contributed by atoms with Gasteiger partial charge in [-0.25, -0.2) is 0 Å². The first-order chi connectivity index (χ1) is 12.6. The summed E-state index contributed by atoms with van der Waals surface area (Å²) in [6.07, 6.45) is 4.57. The zero-order chi connectivity index (χ0) is 18.1. The van der Waals surface area contributed by atoms with Crippen LogP contribution in [0.3, 0.4) is 0 Å². The summed E-state index contributed by atoms with van der Waals surface area (Å²) in [5.74, 6) is 0.270. The van der Waals surface area contributed by atoms with Crippen molar-refractivity contribution in [2.24, 2.45) is 0 Å². The summed E-state index contributed by atoms with van der Waals surface area (Å²) in [4.78, 5) is 4.41. The van der Waals surface area contributed by atoms with Crippen LogP contribution in [-0.2, 0) is 0 Å². The summed E-state index contributed by atoms with van der Waals surface area (Å²) in [5.41, 5.74) is 7.72. The molecule has 130 valence electrons. The molecule has 0 amide bonds. The number of anilines is 3. The Hall–Kier alpha value is -3.00. The molecule has 0 aliphatic carbocycles. The van der Waals surface area contributed by atoms with Crippen molar-refractivity contribution in [2.75, 3.05) is 30.9 Å². The Morgan fingerprint density at radius 3 is 1.85 bits per heavy atom. The normalized spacial score (nSPS) is 13.6. The van der Waals surface area contributed by atoms with Gasteiger partial charge in [-0.2, -0.15) is 0 Å². The second-order valence-electron chi connectivity index (χ2n) is 7.00. The molecule has 0 saturated carbocycles. The number of benzene rings is 3. The van der Waals surface area contributed by atoms with Crippen LogP contribution in [0.5, 0.6) is 0 Å². The molecule has 26 heavy (non-hydrogen) atoms. The van der Waals surface area contributed by atoms with Gasteiger partial charge in [0.2, 0.25) is 0 Å². The maximum Gasteiger partial charge on any atom is 0.0450 e. The number of fused-ring (bicyclic) bond motifs is 2. The smallest absolute Gasteiger partial charge is 0.0450 e. The van der Waals surface area contributed by atoms with E-state index in [1.807, 2.05) is 0 Å². The Kier molecular flexibility index (Phi) is 4.26. The van der Waals surface area contributed by atoms with Crippen molar-refractivity contribution < 1.29 is 0 Å². The third-order valence-corrected chi connectivity index (χ3v) is 5.16. The standard InChI is InChI=1S/C24H24N2/c1-25(2)19-15-12-18(13-16-19)14-17-20-21-8-4-6-10-23(21)26(3)24-11-7-5-9-22(20)24/h4-17,20H,1-3H3. The Labute approximate surface area is 156 Å². The minimum absolute atomic E-state index is 0.270. The average Bonchev–Trinajstić information content (AvgIpc) is 2.68. The highest BCUT2D eigenvalue weighted by Gasteiger charge is 2.26. The van der Waals surface area contributed by atoms with Crippen LogP contribution in [-0.4, -0.2) is 21.1 Å². The van der Waals surface area contributed by atoms with Gasteiger partial charge in [0, 0.05) is 44.1 Å². The van der Waals surface area contributed by atoms with Crippen molar-refractivity contribution in [3.8, 4) is 0 Å². The molecule has 0 unspecified atom stereocenters. The molecule has 2 nitrogen and oxygen atoms in total. The first kappa shape index (κ1) is 16.5. The first-order valence-electron chi connectivity index (χ1n) is 9.02. The van der Waals surface area contributed by atoms with E-state index < -0.39 is 0 Å². The maximum atomic E-state index is 2.33. The number of nitrogens with zero attached hydrogens (tertiary/aromatic N) is 2. The van der Waals surface area contributed by atoms with Crippen LogP contribution >= 0.6 is 0 Å². The largest absolute Gasteiger partial charge is 0.378 e. The Bertz CT molecular complexity index is 891. The number of allylic oxidation sites excluding steroid dienone is 1. The van der Waals surface area contributed by atoms with Crippen molar-refractivity contribution in [3.05, 3.63) is 95.6 Å². The zero-order valence-corrected chi connectivity index (χ0v) is 15.6. The molecular weight excluding hydrogens is 316 g/mol. The molecule has 0 N–H and O–H groups in total. The van der Waals surface area contributed by atoms with Gasteiger partial charge in [-0.15, -0.1) is 0 Å². The van der Waals surface area contributed by atoms with Crippen LogP contribution < -0.4 is 9.80 Å². The van der Waals surface area contributed by atoms with Crippen LogP contribution in [0.15, 0.2) is 78.9 Å². The van der Waals surface area contributed by atoms with Crippen molar-refractivity contribution in [2.45, 2.75) is 5.92 Å². The van der Waals surface area contributed by atoms with Crippen molar-refractivity contribution in [3.63, 3.8) is 0 Å². The molecule has 0 atom stereocenters. The monoisotopic (exact) mass is 340 g/mol. The second-order valence-corrected chi connectivity index (χ2v) is 7.00. The minimum atomic E-state index is 0.270. The Balaban J connectivity index is 1.73. The van der Waals surface area contributed by atoms with E-state index in [2.05, 4.69) is 116 Å². The number of hydrogen-bond acceptors (Lipinski definition) is 2. The molecular formula is C24H24N2. The molecule has 4 rings (SSSR count). The fraction of sp³-hybridized carbons (Fsp3) is 0.167. The molecule has 2 heteroatoms. The van der Waals surface area contributed by atoms with Crippen LogP contribution in [0.2, 0.25) is 0 Å². The van der Waals surface area contributed by atoms with E-state index in [1.54, 1.807) is 0 Å². The molecule has 3 aromatic carbocycles. The van der Waals surface area contributed by atoms with E-state index in [9.17, 15) is 0 Å². The fourth-order valence-corrected chi connectivity index (χ4v) is 3.71. The molecule has 0 bridgehead atoms. The molecule has 1 heterocycles. The molecule has 0 aromatic heterocycles. The lowest BCUT2D eigenvalue weighted by Gasteiger charge is -2.34. The Morgan fingerprint density at radius 1 is 0.769 bits per heavy atom. The third kappa shape index (κ3) is 2.88. The Morgan fingerprint density at radius 2 is 1.31 bits per heavy atom. The van der Waals surface area contributed by atoms with Gasteiger partial charge in [0.05, 0.1) is 0 Å². The summed E-state index contributed by atoms with van der Waals surface area (Å²) in [5, 5.41) is 0. The molecule has 1 aliphatic heterocycles. The van der Waals surface area contributed by atoms with E-state index in [-0.39, 0.29) is 5.92 Å². The minimum Gasteiger partial charge on any atom is -0.378 e. The second kappa shape index (κ2) is 6.72. The predicted octanol–water partition coefficient (Wildman–Crippen LogP) is 5.68. The van der Waals surface area contributed by atoms with Crippen LogP contribution in [0.4, 0.5) is 17.1 Å². The number of hydrogen-bond donors (Lipinski definition) is 0. The highest BCUT2D eigenvalue weighted by Crippen LogP contribution is 2.45. The predicted molar refractivity (Wildman–Crippen MR) is 113 cm³/mol. The lowest BCUT2D eigenvalue weighted by Crippen LogP contribution is -2.20.